The Morgan fingerprint density at radius 2 is 2.24 bits per heavy atom. The molecule has 21 heavy (non-hydrogen) atoms. The SMILES string of the molecule is CCC(C)NC(=O)C1CCN(c2nccc(OC)n2)CC1. The standard InChI is InChI=1S/C15H24N4O2/c1-4-11(2)17-14(20)12-6-9-19(10-7-12)15-16-8-5-13(18-15)21-3/h5,8,11-12H,4,6-7,9-10H2,1-3H3,(H,17,20). The van der Waals surface area contributed by atoms with Crippen molar-refractivity contribution in [1.29, 1.82) is 0 Å². The second-order valence-corrected chi connectivity index (χ2v) is 5.48. The van der Waals surface area contributed by atoms with Crippen molar-refractivity contribution >= 4 is 11.9 Å². The molecule has 1 aliphatic heterocycles. The van der Waals surface area contributed by atoms with Gasteiger partial charge in [-0.25, -0.2) is 4.98 Å². The first kappa shape index (κ1) is 15.5. The topological polar surface area (TPSA) is 67.4 Å². The Hall–Kier alpha value is -1.85. The second-order valence-electron chi connectivity index (χ2n) is 5.48. The number of ether oxygens (including phenoxy) is 1. The number of amides is 1. The Bertz CT molecular complexity index is 472. The third-order valence-corrected chi connectivity index (χ3v) is 3.98. The second kappa shape index (κ2) is 7.24. The zero-order valence-electron chi connectivity index (χ0n) is 13.0. The number of carbonyl (C=O) groups excluding carboxylic acids is 1. The van der Waals surface area contributed by atoms with Crippen LogP contribution in [0.4, 0.5) is 5.95 Å². The normalized spacial score (nSPS) is 17.4. The summed E-state index contributed by atoms with van der Waals surface area (Å²) in [7, 11) is 1.59. The fourth-order valence-corrected chi connectivity index (χ4v) is 2.40. The van der Waals surface area contributed by atoms with Crippen LogP contribution in [0.5, 0.6) is 5.88 Å². The average Bonchev–Trinajstić information content (AvgIpc) is 2.54. The van der Waals surface area contributed by atoms with Gasteiger partial charge in [0, 0.05) is 37.3 Å². The van der Waals surface area contributed by atoms with Gasteiger partial charge in [0.05, 0.1) is 7.11 Å². The molecule has 1 aromatic rings. The van der Waals surface area contributed by atoms with Gasteiger partial charge < -0.3 is 15.0 Å². The lowest BCUT2D eigenvalue weighted by molar-refractivity contribution is -0.126. The number of hydrogen-bond donors (Lipinski definition) is 1. The van der Waals surface area contributed by atoms with E-state index < -0.39 is 0 Å². The Morgan fingerprint density at radius 3 is 2.86 bits per heavy atom. The molecular weight excluding hydrogens is 268 g/mol. The molecule has 1 amide bonds. The fourth-order valence-electron chi connectivity index (χ4n) is 2.40. The summed E-state index contributed by atoms with van der Waals surface area (Å²) in [5.41, 5.74) is 0. The minimum Gasteiger partial charge on any atom is -0.481 e. The molecule has 1 aromatic heterocycles. The van der Waals surface area contributed by atoms with Crippen molar-refractivity contribution in [3.8, 4) is 5.88 Å². The van der Waals surface area contributed by atoms with Gasteiger partial charge in [0.25, 0.3) is 0 Å². The lowest BCUT2D eigenvalue weighted by atomic mass is 9.95. The molecule has 2 heterocycles. The van der Waals surface area contributed by atoms with Gasteiger partial charge in [-0.05, 0) is 26.2 Å². The van der Waals surface area contributed by atoms with E-state index >= 15 is 0 Å². The number of anilines is 1. The van der Waals surface area contributed by atoms with Crippen LogP contribution in [0, 0.1) is 5.92 Å². The highest BCUT2D eigenvalue weighted by Crippen LogP contribution is 2.22. The van der Waals surface area contributed by atoms with E-state index in [1.807, 2.05) is 6.92 Å². The predicted octanol–water partition coefficient (Wildman–Crippen LogP) is 1.62. The van der Waals surface area contributed by atoms with Crippen molar-refractivity contribution in [2.24, 2.45) is 5.92 Å². The van der Waals surface area contributed by atoms with Crippen molar-refractivity contribution < 1.29 is 9.53 Å². The number of piperidine rings is 1. The van der Waals surface area contributed by atoms with E-state index in [-0.39, 0.29) is 17.9 Å². The van der Waals surface area contributed by atoms with Crippen LogP contribution in [-0.4, -0.2) is 42.1 Å². The zero-order valence-corrected chi connectivity index (χ0v) is 13.0. The minimum absolute atomic E-state index is 0.0980. The Morgan fingerprint density at radius 1 is 1.52 bits per heavy atom. The van der Waals surface area contributed by atoms with Crippen molar-refractivity contribution in [2.45, 2.75) is 39.2 Å². The number of rotatable bonds is 5. The molecule has 6 nitrogen and oxygen atoms in total. The number of nitrogens with zero attached hydrogens (tertiary/aromatic N) is 3. The molecule has 1 unspecified atom stereocenters. The van der Waals surface area contributed by atoms with Crippen LogP contribution >= 0.6 is 0 Å². The third kappa shape index (κ3) is 4.06. The van der Waals surface area contributed by atoms with E-state index in [0.29, 0.717) is 11.8 Å². The van der Waals surface area contributed by atoms with Crippen LogP contribution in [0.15, 0.2) is 12.3 Å². The molecule has 0 aromatic carbocycles. The lowest BCUT2D eigenvalue weighted by Gasteiger charge is -2.31. The van der Waals surface area contributed by atoms with Gasteiger partial charge in [-0.3, -0.25) is 4.79 Å². The van der Waals surface area contributed by atoms with Gasteiger partial charge >= 0.3 is 0 Å². The third-order valence-electron chi connectivity index (χ3n) is 3.98. The summed E-state index contributed by atoms with van der Waals surface area (Å²) < 4.78 is 5.12. The quantitative estimate of drug-likeness (QED) is 0.893. The Labute approximate surface area is 125 Å². The first-order valence-corrected chi connectivity index (χ1v) is 7.56. The number of methoxy groups -OCH3 is 1. The van der Waals surface area contributed by atoms with Crippen molar-refractivity contribution in [1.82, 2.24) is 15.3 Å². The van der Waals surface area contributed by atoms with Gasteiger partial charge in [0.1, 0.15) is 0 Å². The van der Waals surface area contributed by atoms with Gasteiger partial charge in [-0.15, -0.1) is 0 Å². The van der Waals surface area contributed by atoms with E-state index in [1.165, 1.54) is 0 Å². The van der Waals surface area contributed by atoms with Gasteiger partial charge in [-0.2, -0.15) is 4.98 Å². The maximum absolute atomic E-state index is 12.1. The summed E-state index contributed by atoms with van der Waals surface area (Å²) in [5.74, 6) is 1.52. The maximum Gasteiger partial charge on any atom is 0.228 e. The highest BCUT2D eigenvalue weighted by molar-refractivity contribution is 5.79. The van der Waals surface area contributed by atoms with E-state index in [0.717, 1.165) is 32.4 Å². The highest BCUT2D eigenvalue weighted by atomic mass is 16.5. The molecule has 0 saturated carbocycles. The summed E-state index contributed by atoms with van der Waals surface area (Å²) in [5, 5.41) is 3.06. The average molecular weight is 292 g/mol. The van der Waals surface area contributed by atoms with Crippen LogP contribution < -0.4 is 15.0 Å². The van der Waals surface area contributed by atoms with Crippen LogP contribution in [0.2, 0.25) is 0 Å². The summed E-state index contributed by atoms with van der Waals surface area (Å²) >= 11 is 0. The number of aromatic nitrogens is 2. The number of hydrogen-bond acceptors (Lipinski definition) is 5. The van der Waals surface area contributed by atoms with E-state index in [9.17, 15) is 4.79 Å². The molecule has 1 atom stereocenters. The molecule has 0 aliphatic carbocycles. The first-order chi connectivity index (χ1) is 10.1. The smallest absolute Gasteiger partial charge is 0.228 e. The molecule has 1 saturated heterocycles. The first-order valence-electron chi connectivity index (χ1n) is 7.56. The molecule has 0 radical (unpaired) electrons. The van der Waals surface area contributed by atoms with Crippen molar-refractivity contribution in [2.75, 3.05) is 25.1 Å². The molecular formula is C15H24N4O2. The molecule has 1 aliphatic rings. The monoisotopic (exact) mass is 292 g/mol. The lowest BCUT2D eigenvalue weighted by Crippen LogP contribution is -2.43. The minimum atomic E-state index is 0.0980. The molecule has 116 valence electrons. The summed E-state index contributed by atoms with van der Waals surface area (Å²) in [6.45, 7) is 5.71. The van der Waals surface area contributed by atoms with E-state index in [4.69, 9.17) is 4.74 Å². The fraction of sp³-hybridized carbons (Fsp3) is 0.667. The van der Waals surface area contributed by atoms with Crippen molar-refractivity contribution in [3.05, 3.63) is 12.3 Å². The molecule has 0 bridgehead atoms. The van der Waals surface area contributed by atoms with Gasteiger partial charge in [-0.1, -0.05) is 6.92 Å². The zero-order chi connectivity index (χ0) is 15.2. The summed E-state index contributed by atoms with van der Waals surface area (Å²) in [6.07, 6.45) is 4.33. The molecule has 1 N–H and O–H groups in total. The highest BCUT2D eigenvalue weighted by Gasteiger charge is 2.26. The van der Waals surface area contributed by atoms with Crippen LogP contribution in [-0.2, 0) is 4.79 Å². The van der Waals surface area contributed by atoms with Crippen molar-refractivity contribution in [3.63, 3.8) is 0 Å². The predicted molar refractivity (Wildman–Crippen MR) is 81.4 cm³/mol. The van der Waals surface area contributed by atoms with E-state index in [2.05, 4.69) is 27.1 Å². The molecule has 6 heteroatoms. The van der Waals surface area contributed by atoms with Gasteiger partial charge in [0.15, 0.2) is 0 Å². The number of nitrogens with one attached hydrogen (secondary N) is 1. The molecule has 1 fully saturated rings. The summed E-state index contributed by atoms with van der Waals surface area (Å²) in [4.78, 5) is 22.9. The maximum atomic E-state index is 12.1. The van der Waals surface area contributed by atoms with Crippen LogP contribution in [0.1, 0.15) is 33.1 Å². The van der Waals surface area contributed by atoms with E-state index in [1.54, 1.807) is 19.4 Å². The molecule has 0 spiro atoms. The van der Waals surface area contributed by atoms with Gasteiger partial charge in [0.2, 0.25) is 17.7 Å². The Balaban J connectivity index is 1.89. The number of carbonyl (C=O) groups is 1. The molecule has 2 rings (SSSR count). The van der Waals surface area contributed by atoms with Crippen LogP contribution in [0.25, 0.3) is 0 Å². The van der Waals surface area contributed by atoms with Crippen LogP contribution in [0.3, 0.4) is 0 Å². The largest absolute Gasteiger partial charge is 0.481 e. The Kier molecular flexibility index (Phi) is 5.36. The summed E-state index contributed by atoms with van der Waals surface area (Å²) in [6, 6.07) is 1.98.